The summed E-state index contributed by atoms with van der Waals surface area (Å²) in [5.74, 6) is 0.706. The molecule has 1 amide bonds. The predicted molar refractivity (Wildman–Crippen MR) is 99.7 cm³/mol. The van der Waals surface area contributed by atoms with Crippen molar-refractivity contribution in [3.05, 3.63) is 59.5 Å². The van der Waals surface area contributed by atoms with Gasteiger partial charge in [0.1, 0.15) is 29.0 Å². The summed E-state index contributed by atoms with van der Waals surface area (Å²) in [6.45, 7) is 1.43. The van der Waals surface area contributed by atoms with E-state index in [1.54, 1.807) is 29.8 Å². The molecule has 9 heteroatoms. The Morgan fingerprint density at radius 2 is 2.26 bits per heavy atom. The summed E-state index contributed by atoms with van der Waals surface area (Å²) >= 11 is 1.25. The van der Waals surface area contributed by atoms with E-state index in [1.165, 1.54) is 29.7 Å². The zero-order chi connectivity index (χ0) is 18.6. The molecule has 0 aliphatic carbocycles. The predicted octanol–water partition coefficient (Wildman–Crippen LogP) is 2.98. The fourth-order valence-corrected chi connectivity index (χ4v) is 3.31. The van der Waals surface area contributed by atoms with Crippen LogP contribution in [0.2, 0.25) is 0 Å². The van der Waals surface area contributed by atoms with Gasteiger partial charge in [0.2, 0.25) is 5.13 Å². The van der Waals surface area contributed by atoms with E-state index < -0.39 is 0 Å². The van der Waals surface area contributed by atoms with Crippen molar-refractivity contribution in [3.8, 4) is 5.75 Å². The van der Waals surface area contributed by atoms with E-state index in [4.69, 9.17) is 4.74 Å². The van der Waals surface area contributed by atoms with Crippen LogP contribution in [-0.2, 0) is 0 Å². The van der Waals surface area contributed by atoms with Crippen molar-refractivity contribution >= 4 is 28.2 Å². The maximum Gasteiger partial charge on any atom is 0.259 e. The lowest BCUT2D eigenvalue weighted by molar-refractivity contribution is 0.102. The highest BCUT2D eigenvalue weighted by Gasteiger charge is 2.25. The Hall–Kier alpha value is -3.07. The molecule has 2 aromatic heterocycles. The lowest BCUT2D eigenvalue weighted by Crippen LogP contribution is -2.25. The molecule has 3 aromatic rings. The molecule has 1 aromatic carbocycles. The van der Waals surface area contributed by atoms with Gasteiger partial charge in [-0.25, -0.2) is 9.37 Å². The third-order valence-electron chi connectivity index (χ3n) is 4.16. The second-order valence-corrected chi connectivity index (χ2v) is 6.87. The molecule has 1 aliphatic heterocycles. The highest BCUT2D eigenvalue weighted by molar-refractivity contribution is 7.13. The number of aromatic nitrogens is 3. The van der Waals surface area contributed by atoms with Crippen LogP contribution in [0.3, 0.4) is 0 Å². The van der Waals surface area contributed by atoms with Crippen LogP contribution in [0.4, 0.5) is 15.3 Å². The van der Waals surface area contributed by atoms with Crippen LogP contribution in [-0.4, -0.2) is 40.3 Å². The van der Waals surface area contributed by atoms with Crippen LogP contribution < -0.4 is 15.0 Å². The zero-order valence-corrected chi connectivity index (χ0v) is 15.0. The first-order valence-corrected chi connectivity index (χ1v) is 9.26. The molecule has 1 fully saturated rings. The topological polar surface area (TPSA) is 80.2 Å². The van der Waals surface area contributed by atoms with Crippen LogP contribution >= 0.6 is 11.3 Å². The smallest absolute Gasteiger partial charge is 0.259 e. The lowest BCUT2D eigenvalue weighted by Gasteiger charge is -2.18. The second kappa shape index (κ2) is 7.67. The summed E-state index contributed by atoms with van der Waals surface area (Å²) in [6, 6.07) is 9.67. The molecule has 7 nitrogen and oxygen atoms in total. The third kappa shape index (κ3) is 4.20. The van der Waals surface area contributed by atoms with Gasteiger partial charge in [-0.3, -0.25) is 10.1 Å². The molecule has 1 atom stereocenters. The van der Waals surface area contributed by atoms with Crippen molar-refractivity contribution in [3.63, 3.8) is 0 Å². The fourth-order valence-electron chi connectivity index (χ4n) is 2.87. The van der Waals surface area contributed by atoms with Crippen LogP contribution in [0.5, 0.6) is 5.75 Å². The van der Waals surface area contributed by atoms with Crippen LogP contribution in [0.1, 0.15) is 16.8 Å². The van der Waals surface area contributed by atoms with Crippen molar-refractivity contribution in [1.29, 1.82) is 0 Å². The molecule has 0 bridgehead atoms. The van der Waals surface area contributed by atoms with Gasteiger partial charge in [-0.15, -0.1) is 10.2 Å². The summed E-state index contributed by atoms with van der Waals surface area (Å²) in [5, 5.41) is 10.6. The minimum atomic E-state index is -0.314. The average Bonchev–Trinajstić information content (AvgIpc) is 3.34. The molecular formula is C18H16FN5O2S. The van der Waals surface area contributed by atoms with Crippen LogP contribution in [0.15, 0.2) is 48.1 Å². The maximum absolute atomic E-state index is 13.3. The molecule has 1 N–H and O–H groups in total. The van der Waals surface area contributed by atoms with Crippen molar-refractivity contribution in [2.45, 2.75) is 12.5 Å². The van der Waals surface area contributed by atoms with Gasteiger partial charge in [-0.2, -0.15) is 0 Å². The van der Waals surface area contributed by atoms with Crippen molar-refractivity contribution in [2.24, 2.45) is 0 Å². The lowest BCUT2D eigenvalue weighted by atomic mass is 10.2. The van der Waals surface area contributed by atoms with Crippen LogP contribution in [0, 0.1) is 5.82 Å². The normalized spacial score (nSPS) is 16.3. The molecule has 4 rings (SSSR count). The minimum Gasteiger partial charge on any atom is -0.488 e. The number of benzene rings is 1. The number of carbonyl (C=O) groups is 1. The zero-order valence-electron chi connectivity index (χ0n) is 14.2. The Labute approximate surface area is 158 Å². The molecule has 0 radical (unpaired) electrons. The first-order valence-electron chi connectivity index (χ1n) is 8.38. The molecule has 1 unspecified atom stereocenters. The number of hydrogen-bond donors (Lipinski definition) is 1. The quantitative estimate of drug-likeness (QED) is 0.727. The number of amides is 1. The number of pyridine rings is 1. The van der Waals surface area contributed by atoms with E-state index >= 15 is 0 Å². The number of nitrogens with one attached hydrogen (secondary N) is 1. The number of carbonyl (C=O) groups excluding carboxylic acids is 1. The van der Waals surface area contributed by atoms with E-state index in [0.29, 0.717) is 23.0 Å². The molecule has 1 saturated heterocycles. The molecule has 1 aliphatic rings. The Morgan fingerprint density at radius 3 is 3.00 bits per heavy atom. The molecular weight excluding hydrogens is 369 g/mol. The van der Waals surface area contributed by atoms with E-state index in [0.717, 1.165) is 18.8 Å². The van der Waals surface area contributed by atoms with Gasteiger partial charge >= 0.3 is 0 Å². The molecule has 0 saturated carbocycles. The minimum absolute atomic E-state index is 0.0334. The standard InChI is InChI=1S/C18H16FN5O2S/c19-13-2-1-3-14(8-13)26-15-6-7-24(10-15)16-5-4-12(9-20-16)17(25)22-18-23-21-11-27-18/h1-5,8-9,11,15H,6-7,10H2,(H,22,23,25). The number of anilines is 2. The van der Waals surface area contributed by atoms with Crippen molar-refractivity contribution in [1.82, 2.24) is 15.2 Å². The summed E-state index contributed by atoms with van der Waals surface area (Å²) < 4.78 is 19.1. The molecule has 27 heavy (non-hydrogen) atoms. The van der Waals surface area contributed by atoms with Crippen LogP contribution in [0.25, 0.3) is 0 Å². The average molecular weight is 385 g/mol. The third-order valence-corrected chi connectivity index (χ3v) is 4.77. The van der Waals surface area contributed by atoms with E-state index in [-0.39, 0.29) is 17.8 Å². The van der Waals surface area contributed by atoms with E-state index in [1.807, 2.05) is 0 Å². The molecule has 0 spiro atoms. The molecule has 138 valence electrons. The van der Waals surface area contributed by atoms with Crippen molar-refractivity contribution in [2.75, 3.05) is 23.3 Å². The monoisotopic (exact) mass is 385 g/mol. The SMILES string of the molecule is O=C(Nc1nncs1)c1ccc(N2CCC(Oc3cccc(F)c3)C2)nc1. The van der Waals surface area contributed by atoms with Gasteiger partial charge in [0.15, 0.2) is 0 Å². The first kappa shape index (κ1) is 17.3. The van der Waals surface area contributed by atoms with E-state index in [9.17, 15) is 9.18 Å². The number of halogens is 1. The number of rotatable bonds is 5. The van der Waals surface area contributed by atoms with Crippen molar-refractivity contribution < 1.29 is 13.9 Å². The number of nitrogens with zero attached hydrogens (tertiary/aromatic N) is 4. The van der Waals surface area contributed by atoms with Gasteiger partial charge in [-0.05, 0) is 24.3 Å². The molecule has 3 heterocycles. The first-order chi connectivity index (χ1) is 13.2. The Kier molecular flexibility index (Phi) is 4.93. The van der Waals surface area contributed by atoms with Gasteiger partial charge in [-0.1, -0.05) is 17.4 Å². The summed E-state index contributed by atoms with van der Waals surface area (Å²) in [6.07, 6.45) is 2.32. The van der Waals surface area contributed by atoms with Gasteiger partial charge in [0.05, 0.1) is 12.1 Å². The van der Waals surface area contributed by atoms with Gasteiger partial charge in [0, 0.05) is 25.2 Å². The number of hydrogen-bond acceptors (Lipinski definition) is 7. The highest BCUT2D eigenvalue weighted by Crippen LogP contribution is 2.23. The second-order valence-electron chi connectivity index (χ2n) is 6.04. The largest absolute Gasteiger partial charge is 0.488 e. The Bertz CT molecular complexity index is 920. The summed E-state index contributed by atoms with van der Waals surface area (Å²) in [7, 11) is 0. The fraction of sp³-hybridized carbons (Fsp3) is 0.222. The number of ether oxygens (including phenoxy) is 1. The summed E-state index contributed by atoms with van der Waals surface area (Å²) in [5.41, 5.74) is 1.99. The highest BCUT2D eigenvalue weighted by atomic mass is 32.1. The maximum atomic E-state index is 13.3. The Morgan fingerprint density at radius 1 is 1.33 bits per heavy atom. The van der Waals surface area contributed by atoms with E-state index in [2.05, 4.69) is 25.4 Å². The Balaban J connectivity index is 1.36. The summed E-state index contributed by atoms with van der Waals surface area (Å²) in [4.78, 5) is 18.6. The van der Waals surface area contributed by atoms with Gasteiger partial charge in [0.25, 0.3) is 5.91 Å². The van der Waals surface area contributed by atoms with Gasteiger partial charge < -0.3 is 9.64 Å².